The van der Waals surface area contributed by atoms with E-state index in [2.05, 4.69) is 10.6 Å². The van der Waals surface area contributed by atoms with Gasteiger partial charge < -0.3 is 15.4 Å². The predicted octanol–water partition coefficient (Wildman–Crippen LogP) is 3.62. The van der Waals surface area contributed by atoms with E-state index in [1.807, 2.05) is 0 Å². The van der Waals surface area contributed by atoms with E-state index >= 15 is 0 Å². The summed E-state index contributed by atoms with van der Waals surface area (Å²) < 4.78 is 5.17. The highest BCUT2D eigenvalue weighted by Crippen LogP contribution is 2.39. The van der Waals surface area contributed by atoms with Crippen molar-refractivity contribution in [1.82, 2.24) is 0 Å². The van der Waals surface area contributed by atoms with Crippen LogP contribution in [0.4, 0.5) is 10.7 Å². The topological polar surface area (TPSA) is 84.5 Å². The molecule has 1 aromatic heterocycles. The number of aryl methyl sites for hydroxylation is 1. The number of fused-ring (bicyclic) bond motifs is 1. The number of hydrogen-bond acceptors (Lipinski definition) is 5. The zero-order chi connectivity index (χ0) is 18.7. The Hall–Kier alpha value is -2.67. The maximum Gasteiger partial charge on any atom is 0.341 e. The van der Waals surface area contributed by atoms with Crippen LogP contribution in [0.1, 0.15) is 51.4 Å². The van der Waals surface area contributed by atoms with Gasteiger partial charge >= 0.3 is 5.97 Å². The van der Waals surface area contributed by atoms with Gasteiger partial charge in [0.2, 0.25) is 5.91 Å². The number of hydrogen-bond donors (Lipinski definition) is 2. The molecule has 26 heavy (non-hydrogen) atoms. The van der Waals surface area contributed by atoms with E-state index in [1.54, 1.807) is 31.2 Å². The molecular formula is C19H20N2O4S. The highest BCUT2D eigenvalue weighted by atomic mass is 32.1. The molecule has 0 fully saturated rings. The van der Waals surface area contributed by atoms with Crippen LogP contribution < -0.4 is 10.6 Å². The van der Waals surface area contributed by atoms with Gasteiger partial charge in [-0.25, -0.2) is 4.79 Å². The highest BCUT2D eigenvalue weighted by Gasteiger charge is 2.28. The van der Waals surface area contributed by atoms with Crippen molar-refractivity contribution in [3.8, 4) is 0 Å². The lowest BCUT2D eigenvalue weighted by atomic mass is 10.1. The van der Waals surface area contributed by atoms with Crippen LogP contribution in [0, 0.1) is 0 Å². The third-order valence-electron chi connectivity index (χ3n) is 4.07. The van der Waals surface area contributed by atoms with Crippen molar-refractivity contribution < 1.29 is 19.1 Å². The van der Waals surface area contributed by atoms with Crippen LogP contribution in [0.15, 0.2) is 24.3 Å². The molecule has 136 valence electrons. The van der Waals surface area contributed by atoms with Gasteiger partial charge in [-0.3, -0.25) is 9.59 Å². The molecule has 0 spiro atoms. The number of nitrogens with one attached hydrogen (secondary N) is 2. The zero-order valence-electron chi connectivity index (χ0n) is 14.7. The van der Waals surface area contributed by atoms with Crippen molar-refractivity contribution in [2.75, 3.05) is 17.2 Å². The third kappa shape index (κ3) is 3.77. The summed E-state index contributed by atoms with van der Waals surface area (Å²) in [5, 5.41) is 6.02. The second-order valence-electron chi connectivity index (χ2n) is 6.00. The van der Waals surface area contributed by atoms with Crippen LogP contribution in [0.25, 0.3) is 0 Å². The van der Waals surface area contributed by atoms with Crippen LogP contribution in [0.5, 0.6) is 0 Å². The molecule has 7 heteroatoms. The lowest BCUT2D eigenvalue weighted by Gasteiger charge is -2.09. The fraction of sp³-hybridized carbons (Fsp3) is 0.316. The fourth-order valence-corrected chi connectivity index (χ4v) is 4.30. The minimum atomic E-state index is -0.394. The number of carbonyl (C=O) groups is 3. The second kappa shape index (κ2) is 7.70. The van der Waals surface area contributed by atoms with Crippen molar-refractivity contribution in [2.24, 2.45) is 0 Å². The summed E-state index contributed by atoms with van der Waals surface area (Å²) in [5.74, 6) is -0.932. The molecule has 0 radical (unpaired) electrons. The summed E-state index contributed by atoms with van der Waals surface area (Å²) in [7, 11) is 0. The Morgan fingerprint density at radius 1 is 1.19 bits per heavy atom. The molecule has 0 saturated carbocycles. The molecule has 1 aliphatic carbocycles. The third-order valence-corrected chi connectivity index (χ3v) is 5.28. The van der Waals surface area contributed by atoms with Crippen molar-refractivity contribution in [2.45, 2.75) is 33.1 Å². The van der Waals surface area contributed by atoms with Crippen molar-refractivity contribution >= 4 is 39.8 Å². The number of rotatable bonds is 5. The monoisotopic (exact) mass is 372 g/mol. The maximum absolute atomic E-state index is 12.6. The van der Waals surface area contributed by atoms with Crippen LogP contribution >= 0.6 is 11.3 Å². The largest absolute Gasteiger partial charge is 0.462 e. The number of benzene rings is 1. The quantitative estimate of drug-likeness (QED) is 0.785. The van der Waals surface area contributed by atoms with E-state index in [4.69, 9.17) is 4.74 Å². The van der Waals surface area contributed by atoms with Crippen molar-refractivity contribution in [3.05, 3.63) is 45.8 Å². The number of ether oxygens (including phenoxy) is 1. The lowest BCUT2D eigenvalue weighted by Crippen LogP contribution is -2.15. The average molecular weight is 372 g/mol. The van der Waals surface area contributed by atoms with Gasteiger partial charge in [0.25, 0.3) is 5.91 Å². The normalized spacial score (nSPS) is 12.4. The van der Waals surface area contributed by atoms with E-state index in [0.29, 0.717) is 21.8 Å². The van der Waals surface area contributed by atoms with Gasteiger partial charge in [-0.05, 0) is 49.9 Å². The van der Waals surface area contributed by atoms with Gasteiger partial charge in [-0.15, -0.1) is 11.3 Å². The van der Waals surface area contributed by atoms with E-state index in [1.165, 1.54) is 18.3 Å². The molecule has 2 aromatic rings. The van der Waals surface area contributed by atoms with Gasteiger partial charge in [0, 0.05) is 23.1 Å². The maximum atomic E-state index is 12.6. The number of carbonyl (C=O) groups excluding carboxylic acids is 3. The average Bonchev–Trinajstić information content (AvgIpc) is 3.15. The highest BCUT2D eigenvalue weighted by molar-refractivity contribution is 7.17. The number of amides is 2. The minimum absolute atomic E-state index is 0.207. The summed E-state index contributed by atoms with van der Waals surface area (Å²) in [5.41, 5.74) is 2.43. The van der Waals surface area contributed by atoms with Gasteiger partial charge in [0.05, 0.1) is 12.2 Å². The van der Waals surface area contributed by atoms with Crippen molar-refractivity contribution in [3.63, 3.8) is 0 Å². The molecule has 2 amide bonds. The minimum Gasteiger partial charge on any atom is -0.462 e. The Balaban J connectivity index is 1.86. The Kier molecular flexibility index (Phi) is 5.37. The van der Waals surface area contributed by atoms with Crippen LogP contribution in [-0.2, 0) is 22.4 Å². The summed E-state index contributed by atoms with van der Waals surface area (Å²) in [6, 6.07) is 6.66. The van der Waals surface area contributed by atoms with Crippen LogP contribution in [-0.4, -0.2) is 24.4 Å². The Bertz CT molecular complexity index is 872. The van der Waals surface area contributed by atoms with Gasteiger partial charge in [-0.2, -0.15) is 0 Å². The van der Waals surface area contributed by atoms with E-state index in [9.17, 15) is 14.4 Å². The molecule has 0 unspecified atom stereocenters. The first kappa shape index (κ1) is 18.1. The lowest BCUT2D eigenvalue weighted by molar-refractivity contribution is -0.114. The molecule has 2 N–H and O–H groups in total. The molecule has 6 nitrogen and oxygen atoms in total. The number of thiophene rings is 1. The predicted molar refractivity (Wildman–Crippen MR) is 101 cm³/mol. The molecule has 1 aliphatic rings. The molecule has 3 rings (SSSR count). The summed E-state index contributed by atoms with van der Waals surface area (Å²) in [6.07, 6.45) is 2.76. The summed E-state index contributed by atoms with van der Waals surface area (Å²) >= 11 is 1.44. The molecule has 0 bridgehead atoms. The Morgan fingerprint density at radius 2 is 2.00 bits per heavy atom. The van der Waals surface area contributed by atoms with Crippen LogP contribution in [0.2, 0.25) is 0 Å². The number of esters is 1. The first-order valence-electron chi connectivity index (χ1n) is 8.50. The van der Waals surface area contributed by atoms with Gasteiger partial charge in [0.15, 0.2) is 0 Å². The molecule has 0 saturated heterocycles. The summed E-state index contributed by atoms with van der Waals surface area (Å²) in [6.45, 7) is 3.46. The van der Waals surface area contributed by atoms with Crippen LogP contribution in [0.3, 0.4) is 0 Å². The fourth-order valence-electron chi connectivity index (χ4n) is 3.03. The molecule has 0 aliphatic heterocycles. The number of anilines is 2. The van der Waals surface area contributed by atoms with E-state index in [-0.39, 0.29) is 18.4 Å². The first-order valence-corrected chi connectivity index (χ1v) is 9.32. The Morgan fingerprint density at radius 3 is 2.73 bits per heavy atom. The van der Waals surface area contributed by atoms with E-state index < -0.39 is 5.97 Å². The molecule has 0 atom stereocenters. The summed E-state index contributed by atoms with van der Waals surface area (Å²) in [4.78, 5) is 37.3. The first-order chi connectivity index (χ1) is 12.5. The smallest absolute Gasteiger partial charge is 0.341 e. The van der Waals surface area contributed by atoms with Crippen molar-refractivity contribution in [1.29, 1.82) is 0 Å². The molecule has 1 heterocycles. The SMILES string of the molecule is CCOC(=O)c1c(NC(=O)c2cccc(NC(C)=O)c2)sc2c1CCC2. The van der Waals surface area contributed by atoms with Gasteiger partial charge in [0.1, 0.15) is 5.00 Å². The zero-order valence-corrected chi connectivity index (χ0v) is 15.5. The Labute approximate surface area is 155 Å². The standard InChI is InChI=1S/C19H20N2O4S/c1-3-25-19(24)16-14-8-5-9-15(14)26-18(16)21-17(23)12-6-4-7-13(10-12)20-11(2)22/h4,6-7,10H,3,5,8-9H2,1-2H3,(H,20,22)(H,21,23). The second-order valence-corrected chi connectivity index (χ2v) is 7.10. The molecule has 1 aromatic carbocycles. The van der Waals surface area contributed by atoms with Gasteiger partial charge in [-0.1, -0.05) is 6.07 Å². The molecular weight excluding hydrogens is 352 g/mol. The van der Waals surface area contributed by atoms with E-state index in [0.717, 1.165) is 29.7 Å².